The molecule has 0 aliphatic carbocycles. The number of hydrogen-bond donors (Lipinski definition) is 1. The molecule has 3 rings (SSSR count). The SMILES string of the molecule is COc1ccc(NC(=O)c2cccc([N+](=O)[O-])c2C)cc1N1CCCCC1=O. The molecular formula is C20H21N3O5. The summed E-state index contributed by atoms with van der Waals surface area (Å²) >= 11 is 0. The van der Waals surface area contributed by atoms with Crippen molar-refractivity contribution < 1.29 is 19.2 Å². The Balaban J connectivity index is 1.90. The van der Waals surface area contributed by atoms with Crippen molar-refractivity contribution in [1.82, 2.24) is 0 Å². The molecule has 0 atom stereocenters. The molecule has 0 spiro atoms. The van der Waals surface area contributed by atoms with Crippen molar-refractivity contribution >= 4 is 28.9 Å². The molecule has 1 saturated heterocycles. The molecule has 1 aliphatic heterocycles. The second-order valence-electron chi connectivity index (χ2n) is 6.55. The van der Waals surface area contributed by atoms with Gasteiger partial charge in [-0.05, 0) is 44.0 Å². The third kappa shape index (κ3) is 3.80. The predicted octanol–water partition coefficient (Wildman–Crippen LogP) is 3.68. The summed E-state index contributed by atoms with van der Waals surface area (Å²) in [5.41, 5.74) is 1.48. The molecule has 1 fully saturated rings. The van der Waals surface area contributed by atoms with Crippen LogP contribution in [0.3, 0.4) is 0 Å². The van der Waals surface area contributed by atoms with Gasteiger partial charge in [-0.15, -0.1) is 0 Å². The Bertz CT molecular complexity index is 941. The number of hydrogen-bond acceptors (Lipinski definition) is 5. The fraction of sp³-hybridized carbons (Fsp3) is 0.300. The zero-order valence-electron chi connectivity index (χ0n) is 15.7. The Kier molecular flexibility index (Phi) is 5.58. The van der Waals surface area contributed by atoms with Crippen LogP contribution in [0.1, 0.15) is 35.2 Å². The number of nitro groups is 1. The molecule has 1 aliphatic rings. The van der Waals surface area contributed by atoms with Crippen LogP contribution in [0.2, 0.25) is 0 Å². The summed E-state index contributed by atoms with van der Waals surface area (Å²) < 4.78 is 5.37. The summed E-state index contributed by atoms with van der Waals surface area (Å²) in [6.45, 7) is 2.13. The minimum absolute atomic E-state index is 0.0163. The van der Waals surface area contributed by atoms with E-state index >= 15 is 0 Å². The molecular weight excluding hydrogens is 362 g/mol. The molecule has 8 nitrogen and oxygen atoms in total. The number of carbonyl (C=O) groups is 2. The number of methoxy groups -OCH3 is 1. The lowest BCUT2D eigenvalue weighted by Gasteiger charge is -2.28. The van der Waals surface area contributed by atoms with Crippen molar-refractivity contribution in [3.63, 3.8) is 0 Å². The van der Waals surface area contributed by atoms with Gasteiger partial charge >= 0.3 is 0 Å². The summed E-state index contributed by atoms with van der Waals surface area (Å²) in [5.74, 6) is 0.102. The molecule has 0 saturated carbocycles. The van der Waals surface area contributed by atoms with Gasteiger partial charge in [-0.2, -0.15) is 0 Å². The van der Waals surface area contributed by atoms with Crippen molar-refractivity contribution in [2.24, 2.45) is 0 Å². The molecule has 0 unspecified atom stereocenters. The van der Waals surface area contributed by atoms with Crippen LogP contribution >= 0.6 is 0 Å². The molecule has 2 aromatic rings. The molecule has 0 bridgehead atoms. The van der Waals surface area contributed by atoms with Crippen LogP contribution in [0.25, 0.3) is 0 Å². The molecule has 1 N–H and O–H groups in total. The lowest BCUT2D eigenvalue weighted by molar-refractivity contribution is -0.385. The first-order valence-corrected chi connectivity index (χ1v) is 8.96. The molecule has 146 valence electrons. The second kappa shape index (κ2) is 8.08. The first kappa shape index (κ1) is 19.3. The summed E-state index contributed by atoms with van der Waals surface area (Å²) in [7, 11) is 1.53. The number of amides is 2. The molecule has 2 amide bonds. The monoisotopic (exact) mass is 383 g/mol. The van der Waals surface area contributed by atoms with E-state index in [9.17, 15) is 19.7 Å². The van der Waals surface area contributed by atoms with Gasteiger partial charge in [0.1, 0.15) is 5.75 Å². The van der Waals surface area contributed by atoms with Crippen molar-refractivity contribution in [1.29, 1.82) is 0 Å². The predicted molar refractivity (Wildman–Crippen MR) is 105 cm³/mol. The van der Waals surface area contributed by atoms with Crippen LogP contribution < -0.4 is 15.0 Å². The highest BCUT2D eigenvalue weighted by Gasteiger charge is 2.24. The third-order valence-electron chi connectivity index (χ3n) is 4.80. The first-order valence-electron chi connectivity index (χ1n) is 8.96. The topological polar surface area (TPSA) is 102 Å². The number of nitrogens with one attached hydrogen (secondary N) is 1. The quantitative estimate of drug-likeness (QED) is 0.627. The Morgan fingerprint density at radius 2 is 2.04 bits per heavy atom. The van der Waals surface area contributed by atoms with Crippen molar-refractivity contribution in [2.75, 3.05) is 23.9 Å². The summed E-state index contributed by atoms with van der Waals surface area (Å²) in [6, 6.07) is 9.42. The molecule has 2 aromatic carbocycles. The van der Waals surface area contributed by atoms with Gasteiger partial charge in [0, 0.05) is 35.8 Å². The van der Waals surface area contributed by atoms with E-state index in [1.807, 2.05) is 0 Å². The number of benzene rings is 2. The van der Waals surface area contributed by atoms with Crippen molar-refractivity contribution in [2.45, 2.75) is 26.2 Å². The zero-order valence-corrected chi connectivity index (χ0v) is 15.7. The van der Waals surface area contributed by atoms with Gasteiger partial charge in [0.05, 0.1) is 17.7 Å². The highest BCUT2D eigenvalue weighted by atomic mass is 16.6. The number of nitro benzene ring substituents is 1. The van der Waals surface area contributed by atoms with Gasteiger partial charge in [0.15, 0.2) is 0 Å². The fourth-order valence-electron chi connectivity index (χ4n) is 3.30. The normalized spacial score (nSPS) is 13.9. The smallest absolute Gasteiger partial charge is 0.273 e. The van der Waals surface area contributed by atoms with E-state index < -0.39 is 10.8 Å². The minimum atomic E-state index is -0.514. The maximum Gasteiger partial charge on any atom is 0.273 e. The molecule has 0 radical (unpaired) electrons. The largest absolute Gasteiger partial charge is 0.495 e. The van der Waals surface area contributed by atoms with Crippen LogP contribution in [-0.2, 0) is 4.79 Å². The van der Waals surface area contributed by atoms with E-state index in [2.05, 4.69) is 5.32 Å². The number of ether oxygens (including phenoxy) is 1. The number of piperidine rings is 1. The molecule has 1 heterocycles. The Morgan fingerprint density at radius 3 is 2.71 bits per heavy atom. The summed E-state index contributed by atoms with van der Waals surface area (Å²) in [6.07, 6.45) is 2.24. The summed E-state index contributed by atoms with van der Waals surface area (Å²) in [5, 5.41) is 13.9. The van der Waals surface area contributed by atoms with Crippen molar-refractivity contribution in [3.05, 3.63) is 57.6 Å². The van der Waals surface area contributed by atoms with Gasteiger partial charge in [0.2, 0.25) is 5.91 Å². The van der Waals surface area contributed by atoms with E-state index in [0.717, 1.165) is 12.8 Å². The average Bonchev–Trinajstić information content (AvgIpc) is 2.68. The van der Waals surface area contributed by atoms with Crippen LogP contribution in [0.4, 0.5) is 17.1 Å². The van der Waals surface area contributed by atoms with E-state index in [1.54, 1.807) is 30.0 Å². The van der Waals surface area contributed by atoms with E-state index in [0.29, 0.717) is 35.7 Å². The van der Waals surface area contributed by atoms with Crippen LogP contribution in [-0.4, -0.2) is 30.4 Å². The van der Waals surface area contributed by atoms with Crippen LogP contribution in [0.5, 0.6) is 5.75 Å². The Hall–Kier alpha value is -3.42. The lowest BCUT2D eigenvalue weighted by Crippen LogP contribution is -2.35. The number of rotatable bonds is 5. The molecule has 0 aromatic heterocycles. The number of anilines is 2. The second-order valence-corrected chi connectivity index (χ2v) is 6.55. The zero-order chi connectivity index (χ0) is 20.3. The third-order valence-corrected chi connectivity index (χ3v) is 4.80. The highest BCUT2D eigenvalue weighted by molar-refractivity contribution is 6.06. The van der Waals surface area contributed by atoms with Gasteiger partial charge in [0.25, 0.3) is 11.6 Å². The molecule has 8 heteroatoms. The standard InChI is InChI=1S/C20H21N3O5/c1-13-15(6-5-7-16(13)23(26)27)20(25)21-14-9-10-18(28-2)17(12-14)22-11-4-3-8-19(22)24/h5-7,9-10,12H,3-4,8,11H2,1-2H3,(H,21,25). The lowest BCUT2D eigenvalue weighted by atomic mass is 10.1. The number of nitrogens with zero attached hydrogens (tertiary/aromatic N) is 2. The summed E-state index contributed by atoms with van der Waals surface area (Å²) in [4.78, 5) is 37.2. The van der Waals surface area contributed by atoms with Gasteiger partial charge in [-0.1, -0.05) is 6.07 Å². The highest BCUT2D eigenvalue weighted by Crippen LogP contribution is 2.34. The van der Waals surface area contributed by atoms with Gasteiger partial charge in [-0.3, -0.25) is 19.7 Å². The van der Waals surface area contributed by atoms with Crippen LogP contribution in [0.15, 0.2) is 36.4 Å². The Labute approximate surface area is 162 Å². The van der Waals surface area contributed by atoms with Gasteiger partial charge in [-0.25, -0.2) is 0 Å². The van der Waals surface area contributed by atoms with Crippen LogP contribution in [0, 0.1) is 17.0 Å². The maximum atomic E-state index is 12.7. The van der Waals surface area contributed by atoms with E-state index in [1.165, 1.54) is 25.3 Å². The maximum absolute atomic E-state index is 12.7. The first-order chi connectivity index (χ1) is 13.4. The van der Waals surface area contributed by atoms with E-state index in [-0.39, 0.29) is 17.2 Å². The minimum Gasteiger partial charge on any atom is -0.495 e. The van der Waals surface area contributed by atoms with Gasteiger partial charge < -0.3 is 15.0 Å². The molecule has 28 heavy (non-hydrogen) atoms. The average molecular weight is 383 g/mol. The fourth-order valence-corrected chi connectivity index (χ4v) is 3.30. The number of carbonyl (C=O) groups excluding carboxylic acids is 2. The van der Waals surface area contributed by atoms with E-state index in [4.69, 9.17) is 4.74 Å². The van der Waals surface area contributed by atoms with Crippen molar-refractivity contribution in [3.8, 4) is 5.75 Å². The Morgan fingerprint density at radius 1 is 1.25 bits per heavy atom.